The molecular weight excluding hydrogens is 1200 g/mol. The molecule has 0 N–H and O–H groups in total. The molecule has 0 aliphatic carbocycles. The van der Waals surface area contributed by atoms with Gasteiger partial charge in [-0.15, -0.1) is 0 Å². The first-order chi connectivity index (χ1) is 39.0. The molecule has 0 aliphatic heterocycles. The normalized spacial score (nSPS) is 13.1. The van der Waals surface area contributed by atoms with Crippen LogP contribution in [0.25, 0.3) is 10.8 Å². The van der Waals surface area contributed by atoms with Crippen LogP contribution in [-0.4, -0.2) is 22.9 Å². The van der Waals surface area contributed by atoms with E-state index in [9.17, 15) is 115 Å². The van der Waals surface area contributed by atoms with E-state index in [-0.39, 0.29) is 18.0 Å². The van der Waals surface area contributed by atoms with Crippen LogP contribution in [0.4, 0.5) is 105 Å². The van der Waals surface area contributed by atoms with E-state index in [1.807, 2.05) is 42.5 Å². The minimum Gasteiger partial charge on any atom is -0.418 e. The Morgan fingerprint density at radius 3 is 1.04 bits per heavy atom. The van der Waals surface area contributed by atoms with Gasteiger partial charge in [-0.2, -0.15) is 132 Å². The SMILES string of the molecule is FC(F)(F)c1cc([B-](c2cc(C(F)(F)F)cc(C(F)(F)F)c2)(c2cc(C(F)(F)F)cc(C(F)(F)F)c2)c2cc(C(F)(F)F)cc(C(F)(F)F)c2)cc(C(F)(F)F)c1.O=C(C[n+]1ccncc1C(=O)Oc1ccc2ccccc2c1)c1ccccc1. The van der Waals surface area contributed by atoms with Gasteiger partial charge >= 0.3 is 61.1 Å². The van der Waals surface area contributed by atoms with Crippen LogP contribution in [0.1, 0.15) is 65.4 Å². The van der Waals surface area contributed by atoms with Gasteiger partial charge in [-0.3, -0.25) is 9.78 Å². The third-order valence-corrected chi connectivity index (χ3v) is 12.8. The van der Waals surface area contributed by atoms with Crippen LogP contribution in [0, 0.1) is 0 Å². The van der Waals surface area contributed by atoms with E-state index >= 15 is 0 Å². The summed E-state index contributed by atoms with van der Waals surface area (Å²) in [4.78, 5) is 29.2. The molecule has 0 atom stereocenters. The summed E-state index contributed by atoms with van der Waals surface area (Å²) >= 11 is 0. The number of Topliss-reactive ketones (excluding diaryl/α,β-unsaturated/α-hetero) is 1. The number of hydrogen-bond donors (Lipinski definition) is 0. The summed E-state index contributed by atoms with van der Waals surface area (Å²) in [7, 11) is 0. The first-order valence-electron chi connectivity index (χ1n) is 23.5. The van der Waals surface area contributed by atoms with Crippen molar-refractivity contribution in [1.82, 2.24) is 4.98 Å². The number of nitrogens with zero attached hydrogens (tertiary/aromatic N) is 2. The molecule has 0 amide bonds. The lowest BCUT2D eigenvalue weighted by Crippen LogP contribution is -2.75. The Hall–Kier alpha value is -8.60. The number of carbonyl (C=O) groups excluding carboxylic acids is 2. The minimum atomic E-state index is -6.13. The summed E-state index contributed by atoms with van der Waals surface area (Å²) in [5, 5.41) is 2.04. The van der Waals surface area contributed by atoms with E-state index in [0.29, 0.717) is 11.3 Å². The van der Waals surface area contributed by atoms with Gasteiger partial charge in [0.2, 0.25) is 12.3 Å². The third-order valence-electron chi connectivity index (χ3n) is 12.8. The van der Waals surface area contributed by atoms with Crippen molar-refractivity contribution in [2.75, 3.05) is 0 Å². The average molecular weight is 1230 g/mol. The Balaban J connectivity index is 0.000000306. The number of ketones is 1. The number of rotatable bonds is 9. The Bertz CT molecular complexity index is 3350. The molecular formula is C55H29BF24N2O3. The zero-order valence-electron chi connectivity index (χ0n) is 41.6. The fraction of sp³-hybridized carbons (Fsp3) is 0.164. The fourth-order valence-corrected chi connectivity index (χ4v) is 9.03. The molecule has 0 saturated carbocycles. The summed E-state index contributed by atoms with van der Waals surface area (Å²) < 4.78 is 348. The quantitative estimate of drug-likeness (QED) is 0.0361. The minimum absolute atomic E-state index is 0.0225. The Labute approximate surface area is 460 Å². The monoisotopic (exact) mass is 1230 g/mol. The van der Waals surface area contributed by atoms with Gasteiger partial charge in [-0.05, 0) is 47.2 Å². The van der Waals surface area contributed by atoms with Crippen LogP contribution >= 0.6 is 0 Å². The van der Waals surface area contributed by atoms with Crippen LogP contribution in [0.15, 0.2) is 164 Å². The van der Waals surface area contributed by atoms with Crippen molar-refractivity contribution in [3.8, 4) is 5.75 Å². The van der Waals surface area contributed by atoms with Gasteiger partial charge in [0, 0.05) is 5.56 Å². The first kappa shape index (κ1) is 64.0. The average Bonchev–Trinajstić information content (AvgIpc) is 0.751. The molecule has 85 heavy (non-hydrogen) atoms. The molecule has 8 rings (SSSR count). The number of ether oxygens (including phenoxy) is 1. The third kappa shape index (κ3) is 14.7. The predicted octanol–water partition coefficient (Wildman–Crippen LogP) is 14.8. The van der Waals surface area contributed by atoms with E-state index in [2.05, 4.69) is 4.98 Å². The van der Waals surface area contributed by atoms with E-state index < -0.39 is 201 Å². The zero-order chi connectivity index (χ0) is 63.3. The van der Waals surface area contributed by atoms with Crippen LogP contribution in [0.3, 0.4) is 0 Å². The summed E-state index contributed by atoms with van der Waals surface area (Å²) in [5.41, 5.74) is -29.4. The number of fused-ring (bicyclic) bond motifs is 1. The van der Waals surface area contributed by atoms with Crippen LogP contribution in [-0.2, 0) is 56.0 Å². The summed E-state index contributed by atoms with van der Waals surface area (Å²) in [6.07, 6.45) is -50.3. The lowest BCUT2D eigenvalue weighted by molar-refractivity contribution is -0.686. The molecule has 30 heteroatoms. The molecule has 1 aromatic heterocycles. The van der Waals surface area contributed by atoms with Gasteiger partial charge in [-0.25, -0.2) is 4.79 Å². The van der Waals surface area contributed by atoms with Crippen molar-refractivity contribution in [1.29, 1.82) is 0 Å². The second-order valence-corrected chi connectivity index (χ2v) is 18.5. The molecule has 8 aromatic rings. The van der Waals surface area contributed by atoms with Gasteiger partial charge in [0.1, 0.15) is 18.1 Å². The smallest absolute Gasteiger partial charge is 0.416 e. The molecule has 1 heterocycles. The molecule has 0 spiro atoms. The van der Waals surface area contributed by atoms with Crippen LogP contribution in [0.5, 0.6) is 5.75 Å². The van der Waals surface area contributed by atoms with Crippen molar-refractivity contribution < 1.29 is 124 Å². The maximum absolute atomic E-state index is 14.2. The van der Waals surface area contributed by atoms with Crippen LogP contribution < -0.4 is 31.2 Å². The number of carbonyl (C=O) groups is 2. The molecule has 0 unspecified atom stereocenters. The highest BCUT2D eigenvalue weighted by Gasteiger charge is 2.47. The molecule has 448 valence electrons. The number of halogens is 24. The topological polar surface area (TPSA) is 60.1 Å². The van der Waals surface area contributed by atoms with E-state index in [1.54, 1.807) is 41.1 Å². The van der Waals surface area contributed by atoms with Gasteiger partial charge in [0.05, 0.1) is 50.7 Å². The first-order valence-corrected chi connectivity index (χ1v) is 23.5. The maximum atomic E-state index is 14.2. The maximum Gasteiger partial charge on any atom is 0.416 e. The highest BCUT2D eigenvalue weighted by Crippen LogP contribution is 2.41. The molecule has 5 nitrogen and oxygen atoms in total. The van der Waals surface area contributed by atoms with Gasteiger partial charge in [0.25, 0.3) is 0 Å². The number of alkyl halides is 24. The summed E-state index contributed by atoms with van der Waals surface area (Å²) in [6, 6.07) is 13.4. The number of aromatic nitrogens is 2. The summed E-state index contributed by atoms with van der Waals surface area (Å²) in [5.74, 6) is -0.228. The van der Waals surface area contributed by atoms with Crippen molar-refractivity contribution in [3.63, 3.8) is 0 Å². The fourth-order valence-electron chi connectivity index (χ4n) is 9.03. The Morgan fingerprint density at radius 1 is 0.388 bits per heavy atom. The predicted molar refractivity (Wildman–Crippen MR) is 254 cm³/mol. The molecule has 0 aliphatic rings. The molecule has 0 radical (unpaired) electrons. The largest absolute Gasteiger partial charge is 0.418 e. The highest BCUT2D eigenvalue weighted by atomic mass is 19.4. The Kier molecular flexibility index (Phi) is 17.1. The van der Waals surface area contributed by atoms with Crippen molar-refractivity contribution in [3.05, 3.63) is 220 Å². The second-order valence-electron chi connectivity index (χ2n) is 18.5. The zero-order valence-corrected chi connectivity index (χ0v) is 41.6. The van der Waals surface area contributed by atoms with Gasteiger partial charge in [0.15, 0.2) is 6.20 Å². The number of benzene rings is 7. The molecule has 0 bridgehead atoms. The molecule has 0 saturated heterocycles. The van der Waals surface area contributed by atoms with E-state index in [4.69, 9.17) is 4.74 Å². The Morgan fingerprint density at radius 2 is 0.706 bits per heavy atom. The van der Waals surface area contributed by atoms with Crippen molar-refractivity contribution in [2.24, 2.45) is 0 Å². The van der Waals surface area contributed by atoms with E-state index in [1.165, 1.54) is 12.4 Å². The van der Waals surface area contributed by atoms with Gasteiger partial charge in [-0.1, -0.05) is 109 Å². The molecule has 0 fully saturated rings. The van der Waals surface area contributed by atoms with Gasteiger partial charge < -0.3 is 4.74 Å². The van der Waals surface area contributed by atoms with Crippen molar-refractivity contribution >= 4 is 50.5 Å². The van der Waals surface area contributed by atoms with Crippen molar-refractivity contribution in [2.45, 2.75) is 56.0 Å². The second kappa shape index (κ2) is 22.8. The lowest BCUT2D eigenvalue weighted by Gasteiger charge is -2.46. The van der Waals surface area contributed by atoms with Crippen LogP contribution in [0.2, 0.25) is 0 Å². The van der Waals surface area contributed by atoms with E-state index in [0.717, 1.165) is 10.8 Å². The standard InChI is InChI=1S/C32H12BF24.C23H17N2O3/c34-25(35,36)13-1-14(26(37,38)39)6-21(5-13)33(22-7-15(27(40,41)42)2-16(8-22)28(43,44)45,23-9-17(29(46,47)48)3-18(10-23)30(49,50)51)24-11-19(31(52,53)54)4-20(12-24)32(55,56)57;26-22(18-7-2-1-3-8-18)16-25-13-12-24-15-21(25)23(27)28-20-11-10-17-6-4-5-9-19(17)14-20/h1-12H;1-15H,16H2/q-1;+1. The summed E-state index contributed by atoms with van der Waals surface area (Å²) in [6.45, 7) is 0.0225. The molecule has 7 aromatic carbocycles. The number of esters is 1. The number of hydrogen-bond acceptors (Lipinski definition) is 4. The highest BCUT2D eigenvalue weighted by molar-refractivity contribution is 7.20. The lowest BCUT2D eigenvalue weighted by atomic mass is 9.12.